The second-order valence-electron chi connectivity index (χ2n) is 4.97. The van der Waals surface area contributed by atoms with E-state index in [9.17, 15) is 9.59 Å². The molecule has 0 aliphatic rings. The molecule has 0 atom stereocenters. The van der Waals surface area contributed by atoms with Gasteiger partial charge in [0.15, 0.2) is 0 Å². The van der Waals surface area contributed by atoms with E-state index in [1.54, 1.807) is 18.3 Å². The summed E-state index contributed by atoms with van der Waals surface area (Å²) in [6.07, 6.45) is 3.67. The predicted molar refractivity (Wildman–Crippen MR) is 88.0 cm³/mol. The molecule has 1 aromatic carbocycles. The number of carbonyl (C=O) groups excluding carboxylic acids is 2. The number of aromatic nitrogens is 1. The fourth-order valence-corrected chi connectivity index (χ4v) is 1.89. The summed E-state index contributed by atoms with van der Waals surface area (Å²) in [5.74, 6) is -0.729. The van der Waals surface area contributed by atoms with Crippen LogP contribution in [0.15, 0.2) is 60.0 Å². The highest BCUT2D eigenvalue weighted by molar-refractivity contribution is 5.96. The van der Waals surface area contributed by atoms with Gasteiger partial charge in [-0.25, -0.2) is 5.43 Å². The normalized spacial score (nSPS) is 10.9. The second-order valence-corrected chi connectivity index (χ2v) is 4.97. The minimum absolute atomic E-state index is 0.143. The fraction of sp³-hybridized carbons (Fsp3) is 0.176. The zero-order valence-electron chi connectivity index (χ0n) is 12.8. The minimum atomic E-state index is -0.380. The van der Waals surface area contributed by atoms with Gasteiger partial charge in [0.05, 0.1) is 12.1 Å². The van der Waals surface area contributed by atoms with Crippen LogP contribution in [0.5, 0.6) is 0 Å². The van der Waals surface area contributed by atoms with Crippen LogP contribution in [-0.2, 0) is 11.2 Å². The number of hydrazone groups is 1. The zero-order valence-corrected chi connectivity index (χ0v) is 12.8. The standard InChI is InChI=1S/C17H18N4O2/c1-13(10-14-6-3-2-4-7-14)20-21-16(22)12-19-17(23)15-8-5-9-18-11-15/h2-9,11H,10,12H2,1H3,(H,19,23)(H,21,22)/b20-13-. The van der Waals surface area contributed by atoms with Crippen molar-refractivity contribution >= 4 is 17.5 Å². The van der Waals surface area contributed by atoms with Gasteiger partial charge in [-0.05, 0) is 24.6 Å². The largest absolute Gasteiger partial charge is 0.343 e. The highest BCUT2D eigenvalue weighted by Crippen LogP contribution is 2.00. The van der Waals surface area contributed by atoms with Crippen molar-refractivity contribution in [3.8, 4) is 0 Å². The minimum Gasteiger partial charge on any atom is -0.343 e. The summed E-state index contributed by atoms with van der Waals surface area (Å²) < 4.78 is 0. The molecule has 1 aromatic heterocycles. The molecule has 2 aromatic rings. The third-order valence-corrected chi connectivity index (χ3v) is 3.01. The van der Waals surface area contributed by atoms with Crippen LogP contribution >= 0.6 is 0 Å². The molecule has 0 saturated heterocycles. The Labute approximate surface area is 134 Å². The Hall–Kier alpha value is -3.02. The molecule has 1 heterocycles. The molecular formula is C17H18N4O2. The molecule has 2 rings (SSSR count). The summed E-state index contributed by atoms with van der Waals surface area (Å²) in [7, 11) is 0. The average molecular weight is 310 g/mol. The highest BCUT2D eigenvalue weighted by atomic mass is 16.2. The van der Waals surface area contributed by atoms with E-state index in [4.69, 9.17) is 0 Å². The first-order valence-electron chi connectivity index (χ1n) is 7.19. The van der Waals surface area contributed by atoms with E-state index < -0.39 is 0 Å². The highest BCUT2D eigenvalue weighted by Gasteiger charge is 2.07. The van der Waals surface area contributed by atoms with Gasteiger partial charge in [0, 0.05) is 24.5 Å². The van der Waals surface area contributed by atoms with Crippen LogP contribution in [0.2, 0.25) is 0 Å². The zero-order chi connectivity index (χ0) is 16.5. The summed E-state index contributed by atoms with van der Waals surface area (Å²) in [5, 5.41) is 6.54. The summed E-state index contributed by atoms with van der Waals surface area (Å²) in [6, 6.07) is 13.1. The number of nitrogens with one attached hydrogen (secondary N) is 2. The van der Waals surface area contributed by atoms with Gasteiger partial charge in [0.1, 0.15) is 0 Å². The van der Waals surface area contributed by atoms with Crippen LogP contribution < -0.4 is 10.7 Å². The van der Waals surface area contributed by atoms with E-state index in [0.717, 1.165) is 11.3 Å². The molecule has 0 bridgehead atoms. The van der Waals surface area contributed by atoms with Gasteiger partial charge < -0.3 is 5.32 Å². The number of hydrogen-bond acceptors (Lipinski definition) is 4. The lowest BCUT2D eigenvalue weighted by atomic mass is 10.1. The number of carbonyl (C=O) groups is 2. The van der Waals surface area contributed by atoms with Crippen molar-refractivity contribution in [2.75, 3.05) is 6.54 Å². The van der Waals surface area contributed by atoms with Gasteiger partial charge in [-0.15, -0.1) is 0 Å². The molecule has 0 spiro atoms. The lowest BCUT2D eigenvalue weighted by molar-refractivity contribution is -0.120. The lowest BCUT2D eigenvalue weighted by Gasteiger charge is -2.05. The van der Waals surface area contributed by atoms with Crippen molar-refractivity contribution in [1.82, 2.24) is 15.7 Å². The number of benzene rings is 1. The molecule has 2 amide bonds. The first-order valence-corrected chi connectivity index (χ1v) is 7.19. The summed E-state index contributed by atoms with van der Waals surface area (Å²) in [5.41, 5.74) is 4.73. The van der Waals surface area contributed by atoms with Gasteiger partial charge in [-0.1, -0.05) is 30.3 Å². The maximum absolute atomic E-state index is 11.8. The molecule has 0 saturated carbocycles. The van der Waals surface area contributed by atoms with E-state index in [-0.39, 0.29) is 18.4 Å². The summed E-state index contributed by atoms with van der Waals surface area (Å²) in [6.45, 7) is 1.69. The molecule has 23 heavy (non-hydrogen) atoms. The molecule has 0 unspecified atom stereocenters. The fourth-order valence-electron chi connectivity index (χ4n) is 1.89. The topological polar surface area (TPSA) is 83.5 Å². The van der Waals surface area contributed by atoms with Crippen molar-refractivity contribution in [3.63, 3.8) is 0 Å². The first-order chi connectivity index (χ1) is 11.1. The molecule has 0 fully saturated rings. The van der Waals surface area contributed by atoms with Gasteiger partial charge in [0.25, 0.3) is 11.8 Å². The maximum Gasteiger partial charge on any atom is 0.259 e. The number of amides is 2. The van der Waals surface area contributed by atoms with Gasteiger partial charge >= 0.3 is 0 Å². The Morgan fingerprint density at radius 3 is 2.61 bits per heavy atom. The molecular weight excluding hydrogens is 292 g/mol. The van der Waals surface area contributed by atoms with E-state index in [2.05, 4.69) is 20.8 Å². The Balaban J connectivity index is 1.76. The third-order valence-electron chi connectivity index (χ3n) is 3.01. The van der Waals surface area contributed by atoms with Gasteiger partial charge in [-0.3, -0.25) is 14.6 Å². The molecule has 0 aliphatic carbocycles. The van der Waals surface area contributed by atoms with Crippen molar-refractivity contribution in [2.24, 2.45) is 5.10 Å². The van der Waals surface area contributed by atoms with Crippen molar-refractivity contribution in [3.05, 3.63) is 66.0 Å². The molecule has 118 valence electrons. The Morgan fingerprint density at radius 2 is 1.91 bits per heavy atom. The first kappa shape index (κ1) is 16.4. The molecule has 2 N–H and O–H groups in total. The van der Waals surface area contributed by atoms with Crippen molar-refractivity contribution in [1.29, 1.82) is 0 Å². The number of nitrogens with zero attached hydrogens (tertiary/aromatic N) is 2. The number of pyridine rings is 1. The van der Waals surface area contributed by atoms with E-state index in [1.807, 2.05) is 37.3 Å². The van der Waals surface area contributed by atoms with Gasteiger partial charge in [0.2, 0.25) is 0 Å². The third kappa shape index (κ3) is 5.70. The molecule has 0 aliphatic heterocycles. The van der Waals surface area contributed by atoms with Crippen molar-refractivity contribution < 1.29 is 9.59 Å². The second kappa shape index (κ2) is 8.43. The Morgan fingerprint density at radius 1 is 1.13 bits per heavy atom. The quantitative estimate of drug-likeness (QED) is 0.627. The van der Waals surface area contributed by atoms with E-state index in [1.165, 1.54) is 6.20 Å². The van der Waals surface area contributed by atoms with Crippen LogP contribution in [0.3, 0.4) is 0 Å². The molecule has 6 heteroatoms. The van der Waals surface area contributed by atoms with Crippen LogP contribution in [0.4, 0.5) is 0 Å². The number of rotatable bonds is 6. The SMILES string of the molecule is C/C(Cc1ccccc1)=N/NC(=O)CNC(=O)c1cccnc1. The summed E-state index contributed by atoms with van der Waals surface area (Å²) in [4.78, 5) is 27.3. The lowest BCUT2D eigenvalue weighted by Crippen LogP contribution is -2.35. The summed E-state index contributed by atoms with van der Waals surface area (Å²) >= 11 is 0. The molecule has 6 nitrogen and oxygen atoms in total. The maximum atomic E-state index is 11.8. The monoisotopic (exact) mass is 310 g/mol. The molecule has 0 radical (unpaired) electrons. The van der Waals surface area contributed by atoms with Crippen LogP contribution in [0.1, 0.15) is 22.8 Å². The van der Waals surface area contributed by atoms with Crippen LogP contribution in [0, 0.1) is 0 Å². The van der Waals surface area contributed by atoms with E-state index in [0.29, 0.717) is 12.0 Å². The van der Waals surface area contributed by atoms with Crippen molar-refractivity contribution in [2.45, 2.75) is 13.3 Å². The average Bonchev–Trinajstić information content (AvgIpc) is 2.59. The Kier molecular flexibility index (Phi) is 5.99. The van der Waals surface area contributed by atoms with Gasteiger partial charge in [-0.2, -0.15) is 5.10 Å². The van der Waals surface area contributed by atoms with Crippen LogP contribution in [-0.4, -0.2) is 29.1 Å². The Bertz CT molecular complexity index is 684. The number of hydrogen-bond donors (Lipinski definition) is 2. The van der Waals surface area contributed by atoms with E-state index >= 15 is 0 Å². The van der Waals surface area contributed by atoms with Crippen LogP contribution in [0.25, 0.3) is 0 Å². The predicted octanol–water partition coefficient (Wildman–Crippen LogP) is 1.55. The smallest absolute Gasteiger partial charge is 0.259 e.